The van der Waals surface area contributed by atoms with E-state index < -0.39 is 34.1 Å². The highest BCUT2D eigenvalue weighted by Crippen LogP contribution is 2.65. The smallest absolute Gasteiger partial charge is 0.160 e. The molecule has 0 saturated carbocycles. The second kappa shape index (κ2) is 16.5. The normalized spacial score (nSPS) is 19.4. The minimum Gasteiger partial charge on any atom is -0.345 e. The van der Waals surface area contributed by atoms with Gasteiger partial charge in [-0.3, -0.25) is 0 Å². The standard InChI is InChI=1S/C67H48F4N2/c1-5-42-20-22-43(23-21-42)66(58-34-40(2)18-19-41(58)3)55-15-9-6-12-49(55)52-30-25-46(36-59(52)66)73(48-28-33-63(69)65(71)39-48)47-26-31-54-51-14-8-11-17-57(51)67(61(54)37-47)56-16-10-7-13-50(56)53-29-24-44(35-60(53)67)72(4)45-27-32-62(68)64(70)38-45/h5-39,41,58H,1H2,2-4H3. The summed E-state index contributed by atoms with van der Waals surface area (Å²) >= 11 is 0. The van der Waals surface area contributed by atoms with E-state index in [1.54, 1.807) is 12.1 Å². The molecule has 1 spiro atoms. The van der Waals surface area contributed by atoms with E-state index in [1.807, 2.05) is 24.1 Å². The van der Waals surface area contributed by atoms with Gasteiger partial charge in [0.25, 0.3) is 0 Å². The topological polar surface area (TPSA) is 6.48 Å². The summed E-state index contributed by atoms with van der Waals surface area (Å²) in [5.74, 6) is -3.51. The average Bonchev–Trinajstić information content (AvgIpc) is 4.01. The number of allylic oxidation sites excluding steroid dienone is 4. The zero-order valence-corrected chi connectivity index (χ0v) is 40.5. The fourth-order valence-electron chi connectivity index (χ4n) is 13.0. The van der Waals surface area contributed by atoms with Crippen molar-refractivity contribution in [3.8, 4) is 33.4 Å². The van der Waals surface area contributed by atoms with Crippen molar-refractivity contribution < 1.29 is 17.6 Å². The molecule has 0 amide bonds. The molecule has 13 rings (SSSR count). The van der Waals surface area contributed by atoms with E-state index in [2.05, 4.69) is 189 Å². The molecular formula is C67H48F4N2. The van der Waals surface area contributed by atoms with Gasteiger partial charge in [-0.05, 0) is 151 Å². The van der Waals surface area contributed by atoms with Gasteiger partial charge in [0.15, 0.2) is 23.3 Å². The predicted molar refractivity (Wildman–Crippen MR) is 289 cm³/mol. The Kier molecular flexibility index (Phi) is 10.1. The van der Waals surface area contributed by atoms with Gasteiger partial charge in [-0.15, -0.1) is 0 Å². The highest BCUT2D eigenvalue weighted by Gasteiger charge is 2.53. The SMILES string of the molecule is C=Cc1ccc(C2(C3C=C(C)C=CC3C)c3ccccc3-c3ccc(N(c4ccc(F)c(F)c4)c4ccc5c(c4)C4(c6ccccc6-c6ccc(N(C)c7ccc(F)c(F)c7)cc64)c4ccccc4-5)cc32)cc1. The van der Waals surface area contributed by atoms with E-state index in [1.165, 1.54) is 29.3 Å². The van der Waals surface area contributed by atoms with Gasteiger partial charge in [0.2, 0.25) is 0 Å². The molecule has 9 aromatic rings. The van der Waals surface area contributed by atoms with Gasteiger partial charge in [0, 0.05) is 53.5 Å². The van der Waals surface area contributed by atoms with Crippen molar-refractivity contribution in [2.24, 2.45) is 11.8 Å². The van der Waals surface area contributed by atoms with Crippen LogP contribution in [0.4, 0.5) is 46.0 Å². The van der Waals surface area contributed by atoms with E-state index in [4.69, 9.17) is 0 Å². The lowest BCUT2D eigenvalue weighted by molar-refractivity contribution is 0.372. The Balaban J connectivity index is 1.06. The average molecular weight is 957 g/mol. The summed E-state index contributed by atoms with van der Waals surface area (Å²) in [7, 11) is 1.86. The van der Waals surface area contributed by atoms with E-state index in [9.17, 15) is 8.78 Å². The van der Waals surface area contributed by atoms with Gasteiger partial charge in [-0.25, -0.2) is 17.6 Å². The van der Waals surface area contributed by atoms with Crippen molar-refractivity contribution in [2.45, 2.75) is 24.7 Å². The van der Waals surface area contributed by atoms with Gasteiger partial charge in [-0.1, -0.05) is 159 Å². The van der Waals surface area contributed by atoms with Crippen LogP contribution in [0, 0.1) is 35.1 Å². The maximum atomic E-state index is 15.9. The molecule has 0 saturated heterocycles. The number of hydrogen-bond donors (Lipinski definition) is 0. The minimum atomic E-state index is -0.947. The first-order valence-electron chi connectivity index (χ1n) is 24.8. The molecule has 0 aromatic heterocycles. The zero-order chi connectivity index (χ0) is 49.9. The van der Waals surface area contributed by atoms with Crippen molar-refractivity contribution in [3.05, 3.63) is 286 Å². The molecule has 0 bridgehead atoms. The first-order chi connectivity index (χ1) is 35.5. The molecule has 0 N–H and O–H groups in total. The van der Waals surface area contributed by atoms with Crippen LogP contribution in [0.5, 0.6) is 0 Å². The highest BCUT2D eigenvalue weighted by atomic mass is 19.2. The second-order valence-corrected chi connectivity index (χ2v) is 20.0. The summed E-state index contributed by atoms with van der Waals surface area (Å²) in [5, 5.41) is 0. The summed E-state index contributed by atoms with van der Waals surface area (Å²) in [6, 6.07) is 62.1. The Morgan fingerprint density at radius 1 is 0.466 bits per heavy atom. The third-order valence-corrected chi connectivity index (χ3v) is 16.3. The van der Waals surface area contributed by atoms with E-state index in [-0.39, 0.29) is 11.8 Å². The fourth-order valence-corrected chi connectivity index (χ4v) is 13.0. The Labute approximate surface area is 423 Å². The molecule has 354 valence electrons. The lowest BCUT2D eigenvalue weighted by Gasteiger charge is -2.43. The number of anilines is 5. The second-order valence-electron chi connectivity index (χ2n) is 20.0. The summed E-state index contributed by atoms with van der Waals surface area (Å²) in [5.41, 5.74) is 18.5. The number of benzene rings is 9. The van der Waals surface area contributed by atoms with Crippen LogP contribution in [-0.2, 0) is 10.8 Å². The number of fused-ring (bicyclic) bond motifs is 13. The van der Waals surface area contributed by atoms with Crippen LogP contribution in [0.2, 0.25) is 0 Å². The molecule has 0 heterocycles. The molecule has 2 nitrogen and oxygen atoms in total. The molecule has 9 aromatic carbocycles. The maximum Gasteiger partial charge on any atom is 0.160 e. The Morgan fingerprint density at radius 2 is 0.904 bits per heavy atom. The number of nitrogens with zero attached hydrogens (tertiary/aromatic N) is 2. The summed E-state index contributed by atoms with van der Waals surface area (Å²) in [6.07, 6.45) is 8.83. The van der Waals surface area contributed by atoms with Crippen molar-refractivity contribution in [2.75, 3.05) is 16.8 Å². The van der Waals surface area contributed by atoms with E-state index in [0.717, 1.165) is 95.5 Å². The van der Waals surface area contributed by atoms with Crippen LogP contribution < -0.4 is 9.80 Å². The predicted octanol–water partition coefficient (Wildman–Crippen LogP) is 17.6. The minimum absolute atomic E-state index is 0.0216. The molecule has 0 radical (unpaired) electrons. The quantitative estimate of drug-likeness (QED) is 0.140. The lowest BCUT2D eigenvalue weighted by Crippen LogP contribution is -2.39. The fraction of sp³-hybridized carbons (Fsp3) is 0.104. The van der Waals surface area contributed by atoms with Crippen LogP contribution in [-0.4, -0.2) is 7.05 Å². The van der Waals surface area contributed by atoms with Crippen LogP contribution in [0.1, 0.15) is 58.4 Å². The molecule has 0 aliphatic heterocycles. The van der Waals surface area contributed by atoms with E-state index >= 15 is 8.78 Å². The first-order valence-corrected chi connectivity index (χ1v) is 24.8. The molecule has 6 heteroatoms. The molecular weight excluding hydrogens is 909 g/mol. The summed E-state index contributed by atoms with van der Waals surface area (Å²) < 4.78 is 60.0. The third-order valence-electron chi connectivity index (χ3n) is 16.3. The van der Waals surface area contributed by atoms with Gasteiger partial charge in [0.1, 0.15) is 0 Å². The number of hydrogen-bond acceptors (Lipinski definition) is 2. The van der Waals surface area contributed by atoms with Gasteiger partial charge >= 0.3 is 0 Å². The van der Waals surface area contributed by atoms with Crippen molar-refractivity contribution in [1.82, 2.24) is 0 Å². The first kappa shape index (κ1) is 44.5. The molecule has 4 aliphatic carbocycles. The Hall–Kier alpha value is -8.48. The van der Waals surface area contributed by atoms with Gasteiger partial charge in [0.05, 0.1) is 10.8 Å². The van der Waals surface area contributed by atoms with Crippen molar-refractivity contribution >= 4 is 34.5 Å². The molecule has 4 unspecified atom stereocenters. The molecule has 0 fully saturated rings. The van der Waals surface area contributed by atoms with E-state index in [0.29, 0.717) is 11.4 Å². The number of halogens is 4. The maximum absolute atomic E-state index is 15.9. The van der Waals surface area contributed by atoms with Crippen molar-refractivity contribution in [3.63, 3.8) is 0 Å². The lowest BCUT2D eigenvalue weighted by atomic mass is 9.59. The largest absolute Gasteiger partial charge is 0.345 e. The van der Waals surface area contributed by atoms with Crippen molar-refractivity contribution in [1.29, 1.82) is 0 Å². The number of rotatable bonds is 8. The van der Waals surface area contributed by atoms with Crippen LogP contribution in [0.25, 0.3) is 39.5 Å². The summed E-state index contributed by atoms with van der Waals surface area (Å²) in [6.45, 7) is 8.53. The van der Waals surface area contributed by atoms with Gasteiger partial charge < -0.3 is 9.80 Å². The van der Waals surface area contributed by atoms with Crippen LogP contribution >= 0.6 is 0 Å². The third kappa shape index (κ3) is 6.35. The molecule has 73 heavy (non-hydrogen) atoms. The molecule has 4 atom stereocenters. The van der Waals surface area contributed by atoms with Crippen LogP contribution in [0.15, 0.2) is 218 Å². The molecule has 4 aliphatic rings. The van der Waals surface area contributed by atoms with Crippen LogP contribution in [0.3, 0.4) is 0 Å². The summed E-state index contributed by atoms with van der Waals surface area (Å²) in [4.78, 5) is 3.94. The van der Waals surface area contributed by atoms with Gasteiger partial charge in [-0.2, -0.15) is 0 Å². The zero-order valence-electron chi connectivity index (χ0n) is 40.5. The Morgan fingerprint density at radius 3 is 1.49 bits per heavy atom. The Bertz CT molecular complexity index is 3840. The monoisotopic (exact) mass is 956 g/mol. The highest BCUT2D eigenvalue weighted by molar-refractivity contribution is 5.97.